The summed E-state index contributed by atoms with van der Waals surface area (Å²) >= 11 is 3.30. The summed E-state index contributed by atoms with van der Waals surface area (Å²) in [6, 6.07) is 5.66. The first kappa shape index (κ1) is 15.0. The van der Waals surface area contributed by atoms with E-state index in [0.717, 1.165) is 16.5 Å². The maximum Gasteiger partial charge on any atom is 0.127 e. The number of nitrogens with one attached hydrogen (secondary N) is 1. The lowest BCUT2D eigenvalue weighted by molar-refractivity contribution is 0.415. The predicted molar refractivity (Wildman–Crippen MR) is 81.7 cm³/mol. The molecule has 1 aliphatic rings. The van der Waals surface area contributed by atoms with Gasteiger partial charge < -0.3 is 5.32 Å². The van der Waals surface area contributed by atoms with Gasteiger partial charge in [0.1, 0.15) is 5.82 Å². The van der Waals surface area contributed by atoms with Crippen molar-refractivity contribution in [1.82, 2.24) is 5.32 Å². The van der Waals surface area contributed by atoms with Gasteiger partial charge in [0.05, 0.1) is 0 Å². The molecule has 0 radical (unpaired) electrons. The lowest BCUT2D eigenvalue weighted by atomic mass is 9.96. The quantitative estimate of drug-likeness (QED) is 0.864. The zero-order chi connectivity index (χ0) is 14.4. The summed E-state index contributed by atoms with van der Waals surface area (Å²) in [5.74, 6) is 0.457. The molecule has 3 heteroatoms. The van der Waals surface area contributed by atoms with Crippen LogP contribution in [0.25, 0.3) is 0 Å². The fourth-order valence-electron chi connectivity index (χ4n) is 3.56. The van der Waals surface area contributed by atoms with Gasteiger partial charge in [-0.2, -0.15) is 0 Å². The number of rotatable bonds is 4. The normalized spacial score (nSPS) is 22.3. The Balaban J connectivity index is 2.17. The van der Waals surface area contributed by atoms with E-state index in [4.69, 9.17) is 0 Å². The molecule has 0 bridgehead atoms. The van der Waals surface area contributed by atoms with E-state index in [2.05, 4.69) is 48.9 Å². The summed E-state index contributed by atoms with van der Waals surface area (Å²) < 4.78 is 14.8. The zero-order valence-electron chi connectivity index (χ0n) is 12.3. The topological polar surface area (TPSA) is 12.0 Å². The molecule has 106 valence electrons. The molecule has 0 heterocycles. The third-order valence-corrected chi connectivity index (χ3v) is 5.85. The minimum Gasteiger partial charge on any atom is -0.316 e. The van der Waals surface area contributed by atoms with Crippen molar-refractivity contribution >= 4 is 15.9 Å². The van der Waals surface area contributed by atoms with Crippen molar-refractivity contribution in [2.45, 2.75) is 40.2 Å². The largest absolute Gasteiger partial charge is 0.316 e. The van der Waals surface area contributed by atoms with Gasteiger partial charge in [-0.3, -0.25) is 0 Å². The fraction of sp³-hybridized carbons (Fsp3) is 0.625. The molecule has 0 aliphatic heterocycles. The van der Waals surface area contributed by atoms with Crippen LogP contribution in [0.15, 0.2) is 22.7 Å². The highest BCUT2D eigenvalue weighted by Crippen LogP contribution is 2.69. The minimum atomic E-state index is -0.120. The Bertz CT molecular complexity index is 468. The van der Waals surface area contributed by atoms with Crippen molar-refractivity contribution in [3.63, 3.8) is 0 Å². The number of hydrogen-bond acceptors (Lipinski definition) is 1. The molecule has 0 amide bonds. The third-order valence-electron chi connectivity index (χ3n) is 5.36. The zero-order valence-corrected chi connectivity index (χ0v) is 13.9. The second kappa shape index (κ2) is 4.85. The van der Waals surface area contributed by atoms with Crippen LogP contribution in [0.3, 0.4) is 0 Å². The first-order valence-electron chi connectivity index (χ1n) is 6.83. The number of likely N-dealkylation sites (N-methyl/N-ethyl adjacent to an activating group) is 1. The molecule has 0 spiro atoms. The average Bonchev–Trinajstić information content (AvgIpc) is 2.70. The minimum absolute atomic E-state index is 0.120. The Morgan fingerprint density at radius 3 is 2.26 bits per heavy atom. The van der Waals surface area contributed by atoms with E-state index in [1.807, 2.05) is 19.2 Å². The molecule has 1 fully saturated rings. The van der Waals surface area contributed by atoms with Gasteiger partial charge in [0.2, 0.25) is 0 Å². The van der Waals surface area contributed by atoms with Crippen LogP contribution in [0.1, 0.15) is 33.3 Å². The van der Waals surface area contributed by atoms with Crippen LogP contribution in [0, 0.1) is 22.6 Å². The van der Waals surface area contributed by atoms with Crippen molar-refractivity contribution < 1.29 is 4.39 Å². The Hall–Kier alpha value is -0.410. The van der Waals surface area contributed by atoms with Gasteiger partial charge in [-0.05, 0) is 47.9 Å². The number of hydrogen-bond donors (Lipinski definition) is 1. The van der Waals surface area contributed by atoms with Gasteiger partial charge >= 0.3 is 0 Å². The molecule has 2 rings (SSSR count). The van der Waals surface area contributed by atoms with Crippen molar-refractivity contribution in [3.05, 3.63) is 34.1 Å². The van der Waals surface area contributed by atoms with Crippen molar-refractivity contribution in [2.24, 2.45) is 16.7 Å². The van der Waals surface area contributed by atoms with E-state index >= 15 is 0 Å². The van der Waals surface area contributed by atoms with Crippen molar-refractivity contribution in [1.29, 1.82) is 0 Å². The second-order valence-corrected chi connectivity index (χ2v) is 7.67. The molecule has 1 aliphatic carbocycles. The lowest BCUT2D eigenvalue weighted by Gasteiger charge is -2.19. The van der Waals surface area contributed by atoms with Crippen LogP contribution < -0.4 is 5.32 Å². The van der Waals surface area contributed by atoms with Gasteiger partial charge in [0, 0.05) is 10.5 Å². The van der Waals surface area contributed by atoms with Crippen LogP contribution in [0.4, 0.5) is 4.39 Å². The van der Waals surface area contributed by atoms with E-state index in [1.165, 1.54) is 0 Å². The third kappa shape index (κ3) is 2.47. The van der Waals surface area contributed by atoms with E-state index in [0.29, 0.717) is 22.8 Å². The smallest absolute Gasteiger partial charge is 0.127 e. The molecular formula is C16H23BrFN. The molecule has 0 aromatic heterocycles. The van der Waals surface area contributed by atoms with E-state index in [-0.39, 0.29) is 5.82 Å². The first-order valence-corrected chi connectivity index (χ1v) is 7.62. The highest BCUT2D eigenvalue weighted by molar-refractivity contribution is 9.10. The first-order chi connectivity index (χ1) is 8.71. The van der Waals surface area contributed by atoms with E-state index in [9.17, 15) is 4.39 Å². The molecule has 1 aromatic rings. The van der Waals surface area contributed by atoms with Crippen molar-refractivity contribution in [3.8, 4) is 0 Å². The Morgan fingerprint density at radius 2 is 1.84 bits per heavy atom. The van der Waals surface area contributed by atoms with E-state index in [1.54, 1.807) is 6.07 Å². The summed E-state index contributed by atoms with van der Waals surface area (Å²) in [7, 11) is 1.98. The molecule has 19 heavy (non-hydrogen) atoms. The molecule has 0 saturated heterocycles. The number of halogens is 2. The van der Waals surface area contributed by atoms with Crippen LogP contribution in [-0.4, -0.2) is 13.1 Å². The van der Waals surface area contributed by atoms with E-state index < -0.39 is 0 Å². The van der Waals surface area contributed by atoms with Crippen LogP contribution in [-0.2, 0) is 6.42 Å². The predicted octanol–water partition coefficient (Wildman–Crippen LogP) is 4.40. The summed E-state index contributed by atoms with van der Waals surface area (Å²) in [6.07, 6.45) is 0.743. The molecule has 1 aromatic carbocycles. The standard InChI is InChI=1S/C16H23BrFN/c1-15(2)14(16(15,3)4)13(19-5)8-10-6-7-11(17)9-12(10)18/h6-7,9,13-14,19H,8H2,1-5H3. The SMILES string of the molecule is CNC(Cc1ccc(Br)cc1F)C1C(C)(C)C1(C)C. The van der Waals surface area contributed by atoms with Crippen LogP contribution in [0.2, 0.25) is 0 Å². The molecule has 1 saturated carbocycles. The molecule has 1 unspecified atom stereocenters. The molecule has 1 N–H and O–H groups in total. The highest BCUT2D eigenvalue weighted by atomic mass is 79.9. The maximum absolute atomic E-state index is 14.0. The Kier molecular flexibility index (Phi) is 3.83. The summed E-state index contributed by atoms with van der Waals surface area (Å²) in [5, 5.41) is 3.39. The molecular weight excluding hydrogens is 305 g/mol. The summed E-state index contributed by atoms with van der Waals surface area (Å²) in [6.45, 7) is 9.22. The van der Waals surface area contributed by atoms with Crippen LogP contribution in [0.5, 0.6) is 0 Å². The van der Waals surface area contributed by atoms with Gasteiger partial charge in [-0.1, -0.05) is 49.7 Å². The lowest BCUT2D eigenvalue weighted by Crippen LogP contribution is -2.32. The summed E-state index contributed by atoms with van der Waals surface area (Å²) in [5.41, 5.74) is 1.42. The monoisotopic (exact) mass is 327 g/mol. The molecule has 1 nitrogen and oxygen atoms in total. The van der Waals surface area contributed by atoms with Gasteiger partial charge in [-0.15, -0.1) is 0 Å². The Labute approximate surface area is 124 Å². The van der Waals surface area contributed by atoms with Gasteiger partial charge in [0.25, 0.3) is 0 Å². The Morgan fingerprint density at radius 1 is 1.26 bits per heavy atom. The van der Waals surface area contributed by atoms with Crippen molar-refractivity contribution in [2.75, 3.05) is 7.05 Å². The summed E-state index contributed by atoms with van der Waals surface area (Å²) in [4.78, 5) is 0. The second-order valence-electron chi connectivity index (χ2n) is 6.76. The fourth-order valence-corrected chi connectivity index (χ4v) is 3.90. The van der Waals surface area contributed by atoms with Gasteiger partial charge in [-0.25, -0.2) is 4.39 Å². The van der Waals surface area contributed by atoms with Gasteiger partial charge in [0.15, 0.2) is 0 Å². The highest BCUT2D eigenvalue weighted by Gasteiger charge is 2.66. The maximum atomic E-state index is 14.0. The average molecular weight is 328 g/mol. The molecule has 1 atom stereocenters. The van der Waals surface area contributed by atoms with Crippen LogP contribution >= 0.6 is 15.9 Å². The number of benzene rings is 1.